The molecule has 1 aromatic carbocycles. The topological polar surface area (TPSA) is 33.2 Å². The number of hydrogen-bond acceptors (Lipinski definition) is 2. The lowest BCUT2D eigenvalue weighted by Gasteiger charge is -2.25. The summed E-state index contributed by atoms with van der Waals surface area (Å²) in [5.41, 5.74) is 0.902. The summed E-state index contributed by atoms with van der Waals surface area (Å²) in [6.45, 7) is 1.86. The molecule has 1 heterocycles. The highest BCUT2D eigenvalue weighted by molar-refractivity contribution is 6.30. The minimum Gasteiger partial charge on any atom is -0.335 e. The highest BCUT2D eigenvalue weighted by Crippen LogP contribution is 2.23. The lowest BCUT2D eigenvalue weighted by atomic mass is 10.1. The van der Waals surface area contributed by atoms with E-state index in [4.69, 9.17) is 11.6 Å². The fourth-order valence-electron chi connectivity index (χ4n) is 1.90. The Morgan fingerprint density at radius 2 is 2.15 bits per heavy atom. The second kappa shape index (κ2) is 6.01. The van der Waals surface area contributed by atoms with Crippen molar-refractivity contribution in [1.29, 1.82) is 0 Å². The SMILES string of the molecule is CC(c1cccc(Cl)c1)N(C)C(=O)c1ccncc1F. The first-order valence-corrected chi connectivity index (χ1v) is 6.50. The zero-order valence-corrected chi connectivity index (χ0v) is 11.9. The Hall–Kier alpha value is -1.94. The van der Waals surface area contributed by atoms with E-state index in [1.807, 2.05) is 19.1 Å². The zero-order chi connectivity index (χ0) is 14.7. The molecule has 1 aromatic heterocycles. The first kappa shape index (κ1) is 14.5. The average Bonchev–Trinajstić information content (AvgIpc) is 2.45. The summed E-state index contributed by atoms with van der Waals surface area (Å²) in [6, 6.07) is 8.41. The molecule has 0 spiro atoms. The monoisotopic (exact) mass is 292 g/mol. The molecule has 1 atom stereocenters. The molecule has 0 aliphatic heterocycles. The van der Waals surface area contributed by atoms with Gasteiger partial charge in [-0.3, -0.25) is 9.78 Å². The second-order valence-electron chi connectivity index (χ2n) is 4.50. The predicted octanol–water partition coefficient (Wildman–Crippen LogP) is 3.71. The van der Waals surface area contributed by atoms with Crippen molar-refractivity contribution in [2.45, 2.75) is 13.0 Å². The Kier molecular flexibility index (Phi) is 4.35. The molecule has 5 heteroatoms. The molecule has 2 aromatic rings. The van der Waals surface area contributed by atoms with Gasteiger partial charge in [-0.05, 0) is 30.7 Å². The van der Waals surface area contributed by atoms with Crippen LogP contribution in [0.5, 0.6) is 0 Å². The van der Waals surface area contributed by atoms with Crippen LogP contribution < -0.4 is 0 Å². The van der Waals surface area contributed by atoms with Crippen LogP contribution >= 0.6 is 11.6 Å². The molecule has 3 nitrogen and oxygen atoms in total. The van der Waals surface area contributed by atoms with Crippen LogP contribution in [0.4, 0.5) is 4.39 Å². The van der Waals surface area contributed by atoms with Crippen LogP contribution in [0.1, 0.15) is 28.9 Å². The quantitative estimate of drug-likeness (QED) is 0.864. The molecule has 2 rings (SSSR count). The molecule has 0 aliphatic carbocycles. The van der Waals surface area contributed by atoms with Gasteiger partial charge in [-0.1, -0.05) is 23.7 Å². The van der Waals surface area contributed by atoms with Gasteiger partial charge in [-0.25, -0.2) is 4.39 Å². The van der Waals surface area contributed by atoms with Crippen LogP contribution in [0, 0.1) is 5.82 Å². The lowest BCUT2D eigenvalue weighted by Crippen LogP contribution is -2.30. The fraction of sp³-hybridized carbons (Fsp3) is 0.200. The summed E-state index contributed by atoms with van der Waals surface area (Å²) in [7, 11) is 1.63. The summed E-state index contributed by atoms with van der Waals surface area (Å²) < 4.78 is 13.6. The number of rotatable bonds is 3. The van der Waals surface area contributed by atoms with Crippen LogP contribution in [-0.4, -0.2) is 22.8 Å². The highest BCUT2D eigenvalue weighted by Gasteiger charge is 2.21. The molecule has 0 aliphatic rings. The van der Waals surface area contributed by atoms with Crippen molar-refractivity contribution in [1.82, 2.24) is 9.88 Å². The lowest BCUT2D eigenvalue weighted by molar-refractivity contribution is 0.0737. The van der Waals surface area contributed by atoms with Gasteiger partial charge in [0.2, 0.25) is 0 Å². The number of nitrogens with zero attached hydrogens (tertiary/aromatic N) is 2. The Bertz CT molecular complexity index is 633. The molecule has 0 N–H and O–H groups in total. The largest absolute Gasteiger partial charge is 0.335 e. The fourth-order valence-corrected chi connectivity index (χ4v) is 2.10. The Balaban J connectivity index is 2.25. The van der Waals surface area contributed by atoms with Gasteiger partial charge in [-0.2, -0.15) is 0 Å². The van der Waals surface area contributed by atoms with Crippen molar-refractivity contribution in [3.05, 3.63) is 64.7 Å². The van der Waals surface area contributed by atoms with Crippen LogP contribution in [0.2, 0.25) is 5.02 Å². The van der Waals surface area contributed by atoms with E-state index in [1.54, 1.807) is 19.2 Å². The molecular weight excluding hydrogens is 279 g/mol. The van der Waals surface area contributed by atoms with Gasteiger partial charge >= 0.3 is 0 Å². The normalized spacial score (nSPS) is 12.0. The number of carbonyl (C=O) groups excluding carboxylic acids is 1. The second-order valence-corrected chi connectivity index (χ2v) is 4.94. The van der Waals surface area contributed by atoms with Gasteiger partial charge < -0.3 is 4.90 Å². The Morgan fingerprint density at radius 1 is 1.40 bits per heavy atom. The van der Waals surface area contributed by atoms with Gasteiger partial charge in [0, 0.05) is 18.3 Å². The Labute approximate surface area is 122 Å². The van der Waals surface area contributed by atoms with E-state index in [0.717, 1.165) is 11.8 Å². The standard InChI is InChI=1S/C15H14ClFN2O/c1-10(11-4-3-5-12(16)8-11)19(2)15(20)13-6-7-18-9-14(13)17/h3-10H,1-2H3. The van der Waals surface area contributed by atoms with Gasteiger partial charge in [-0.15, -0.1) is 0 Å². The molecule has 104 valence electrons. The van der Waals surface area contributed by atoms with E-state index in [-0.39, 0.29) is 11.6 Å². The summed E-state index contributed by atoms with van der Waals surface area (Å²) in [5, 5.41) is 0.602. The molecule has 0 radical (unpaired) electrons. The third-order valence-corrected chi connectivity index (χ3v) is 3.47. The molecule has 0 saturated heterocycles. The van der Waals surface area contributed by atoms with E-state index in [0.29, 0.717) is 5.02 Å². The third kappa shape index (κ3) is 2.96. The molecule has 20 heavy (non-hydrogen) atoms. The number of benzene rings is 1. The van der Waals surface area contributed by atoms with Crippen LogP contribution in [0.25, 0.3) is 0 Å². The maximum absolute atomic E-state index is 13.6. The number of hydrogen-bond donors (Lipinski definition) is 0. The number of halogens is 2. The van der Waals surface area contributed by atoms with Crippen molar-refractivity contribution in [2.75, 3.05) is 7.05 Å². The first-order valence-electron chi connectivity index (χ1n) is 6.13. The van der Waals surface area contributed by atoms with Gasteiger partial charge in [0.15, 0.2) is 5.82 Å². The highest BCUT2D eigenvalue weighted by atomic mass is 35.5. The summed E-state index contributed by atoms with van der Waals surface area (Å²) in [4.78, 5) is 17.4. The molecule has 0 fully saturated rings. The summed E-state index contributed by atoms with van der Waals surface area (Å²) in [6.07, 6.45) is 2.43. The molecule has 0 bridgehead atoms. The van der Waals surface area contributed by atoms with Crippen molar-refractivity contribution in [3.8, 4) is 0 Å². The van der Waals surface area contributed by atoms with Crippen LogP contribution in [-0.2, 0) is 0 Å². The molecular formula is C15H14ClFN2O. The van der Waals surface area contributed by atoms with Crippen molar-refractivity contribution in [2.24, 2.45) is 0 Å². The van der Waals surface area contributed by atoms with Crippen LogP contribution in [0.3, 0.4) is 0 Å². The van der Waals surface area contributed by atoms with Crippen molar-refractivity contribution >= 4 is 17.5 Å². The van der Waals surface area contributed by atoms with Crippen molar-refractivity contribution < 1.29 is 9.18 Å². The molecule has 1 amide bonds. The van der Waals surface area contributed by atoms with E-state index >= 15 is 0 Å². The number of carbonyl (C=O) groups is 1. The minimum absolute atomic E-state index is 0.0105. The predicted molar refractivity (Wildman–Crippen MR) is 76.2 cm³/mol. The van der Waals surface area contributed by atoms with Gasteiger partial charge in [0.05, 0.1) is 17.8 Å². The third-order valence-electron chi connectivity index (χ3n) is 3.24. The van der Waals surface area contributed by atoms with E-state index in [1.165, 1.54) is 17.2 Å². The Morgan fingerprint density at radius 3 is 2.80 bits per heavy atom. The molecule has 1 unspecified atom stereocenters. The van der Waals surface area contributed by atoms with E-state index in [2.05, 4.69) is 4.98 Å². The first-order chi connectivity index (χ1) is 9.50. The van der Waals surface area contributed by atoms with E-state index < -0.39 is 11.7 Å². The molecule has 0 saturated carbocycles. The number of aromatic nitrogens is 1. The summed E-state index contributed by atoms with van der Waals surface area (Å²) >= 11 is 5.94. The smallest absolute Gasteiger partial charge is 0.257 e. The van der Waals surface area contributed by atoms with E-state index in [9.17, 15) is 9.18 Å². The maximum Gasteiger partial charge on any atom is 0.257 e. The number of amides is 1. The van der Waals surface area contributed by atoms with Crippen molar-refractivity contribution in [3.63, 3.8) is 0 Å². The summed E-state index contributed by atoms with van der Waals surface area (Å²) in [5.74, 6) is -1.01. The minimum atomic E-state index is -0.623. The maximum atomic E-state index is 13.6. The van der Waals surface area contributed by atoms with Gasteiger partial charge in [0.1, 0.15) is 0 Å². The zero-order valence-electron chi connectivity index (χ0n) is 11.2. The average molecular weight is 293 g/mol. The number of pyridine rings is 1. The van der Waals surface area contributed by atoms with Gasteiger partial charge in [0.25, 0.3) is 5.91 Å². The van der Waals surface area contributed by atoms with Crippen LogP contribution in [0.15, 0.2) is 42.7 Å².